The maximum Gasteiger partial charge on any atom is 0.229 e. The fraction of sp³-hybridized carbons (Fsp3) is 0.500. The average molecular weight is 239 g/mol. The summed E-state index contributed by atoms with van der Waals surface area (Å²) in [4.78, 5) is 17.3. The lowest BCUT2D eigenvalue weighted by Gasteiger charge is -2.32. The smallest absolute Gasteiger partial charge is 0.229 e. The molecule has 1 amide bonds. The van der Waals surface area contributed by atoms with Crippen molar-refractivity contribution in [2.24, 2.45) is 5.73 Å². The summed E-state index contributed by atoms with van der Waals surface area (Å²) >= 11 is 0. The number of hydrogen-bond donors (Lipinski definition) is 1. The number of carbonyl (C=O) groups excluding carboxylic acids is 1. The van der Waals surface area contributed by atoms with Crippen LogP contribution >= 0.6 is 0 Å². The lowest BCUT2D eigenvalue weighted by Crippen LogP contribution is -2.48. The largest absolute Gasteiger partial charge is 0.369 e. The van der Waals surface area contributed by atoms with Crippen LogP contribution in [0.2, 0.25) is 0 Å². The number of halogens is 1. The quantitative estimate of drug-likeness (QED) is 0.831. The molecular formula is C12H18FN3O. The second-order valence-electron chi connectivity index (χ2n) is 4.39. The topological polar surface area (TPSA) is 59.2 Å². The highest BCUT2D eigenvalue weighted by molar-refractivity contribution is 5.87. The highest BCUT2D eigenvalue weighted by Gasteiger charge is 2.39. The van der Waals surface area contributed by atoms with Crippen molar-refractivity contribution >= 4 is 5.91 Å². The van der Waals surface area contributed by atoms with Crippen molar-refractivity contribution in [1.82, 2.24) is 9.88 Å². The molecule has 0 aliphatic rings. The van der Waals surface area contributed by atoms with Crippen LogP contribution in [-0.2, 0) is 10.2 Å². The molecule has 1 atom stereocenters. The van der Waals surface area contributed by atoms with Gasteiger partial charge in [0.15, 0.2) is 0 Å². The van der Waals surface area contributed by atoms with Crippen molar-refractivity contribution in [3.05, 3.63) is 29.8 Å². The van der Waals surface area contributed by atoms with E-state index in [9.17, 15) is 9.18 Å². The molecule has 4 nitrogen and oxygen atoms in total. The van der Waals surface area contributed by atoms with E-state index < -0.39 is 17.1 Å². The van der Waals surface area contributed by atoms with E-state index in [-0.39, 0.29) is 0 Å². The van der Waals surface area contributed by atoms with Crippen LogP contribution in [0.5, 0.6) is 0 Å². The van der Waals surface area contributed by atoms with Gasteiger partial charge in [-0.3, -0.25) is 9.78 Å². The summed E-state index contributed by atoms with van der Waals surface area (Å²) in [7, 11) is 3.65. The van der Waals surface area contributed by atoms with Crippen LogP contribution in [0.25, 0.3) is 0 Å². The Morgan fingerprint density at radius 3 is 2.65 bits per heavy atom. The second kappa shape index (κ2) is 5.23. The van der Waals surface area contributed by atoms with Crippen LogP contribution in [0.4, 0.5) is 4.39 Å². The lowest BCUT2D eigenvalue weighted by atomic mass is 9.77. The average Bonchev–Trinajstić information content (AvgIpc) is 2.26. The first-order valence-corrected chi connectivity index (χ1v) is 5.48. The van der Waals surface area contributed by atoms with Crippen LogP contribution in [-0.4, -0.2) is 36.4 Å². The molecule has 0 aliphatic carbocycles. The third kappa shape index (κ3) is 2.61. The normalized spacial score (nSPS) is 14.6. The molecule has 94 valence electrons. The Hall–Kier alpha value is -1.49. The highest BCUT2D eigenvalue weighted by atomic mass is 19.1. The SMILES string of the molecule is CCC(CN(C)C)(C(N)=O)c1ccncc1F. The molecule has 2 N–H and O–H groups in total. The van der Waals surface area contributed by atoms with Gasteiger partial charge in [0.25, 0.3) is 0 Å². The number of rotatable bonds is 5. The summed E-state index contributed by atoms with van der Waals surface area (Å²) in [5.41, 5.74) is 4.79. The Morgan fingerprint density at radius 2 is 2.24 bits per heavy atom. The number of likely N-dealkylation sites (N-methyl/N-ethyl adjacent to an activating group) is 1. The van der Waals surface area contributed by atoms with Gasteiger partial charge in [-0.25, -0.2) is 4.39 Å². The Kier molecular flexibility index (Phi) is 4.17. The van der Waals surface area contributed by atoms with Crippen LogP contribution < -0.4 is 5.73 Å². The third-order valence-corrected chi connectivity index (χ3v) is 2.95. The van der Waals surface area contributed by atoms with Gasteiger partial charge in [-0.15, -0.1) is 0 Å². The molecule has 1 heterocycles. The van der Waals surface area contributed by atoms with Crippen LogP contribution in [0.1, 0.15) is 18.9 Å². The fourth-order valence-corrected chi connectivity index (χ4v) is 2.08. The predicted molar refractivity (Wildman–Crippen MR) is 63.9 cm³/mol. The monoisotopic (exact) mass is 239 g/mol. The van der Waals surface area contributed by atoms with E-state index in [0.29, 0.717) is 18.5 Å². The van der Waals surface area contributed by atoms with E-state index >= 15 is 0 Å². The number of hydrogen-bond acceptors (Lipinski definition) is 3. The zero-order chi connectivity index (χ0) is 13.1. The van der Waals surface area contributed by atoms with E-state index in [1.807, 2.05) is 25.9 Å². The van der Waals surface area contributed by atoms with Gasteiger partial charge >= 0.3 is 0 Å². The molecule has 1 aromatic heterocycles. The van der Waals surface area contributed by atoms with Gasteiger partial charge in [0.1, 0.15) is 5.82 Å². The van der Waals surface area contributed by atoms with E-state index in [2.05, 4.69) is 4.98 Å². The Bertz CT molecular complexity index is 408. The molecule has 0 fully saturated rings. The molecule has 0 spiro atoms. The fourth-order valence-electron chi connectivity index (χ4n) is 2.08. The summed E-state index contributed by atoms with van der Waals surface area (Å²) in [5, 5.41) is 0. The number of amides is 1. The van der Waals surface area contributed by atoms with Crippen molar-refractivity contribution in [3.63, 3.8) is 0 Å². The minimum absolute atomic E-state index is 0.316. The number of nitrogens with zero attached hydrogens (tertiary/aromatic N) is 2. The first-order chi connectivity index (χ1) is 7.94. The van der Waals surface area contributed by atoms with Crippen molar-refractivity contribution < 1.29 is 9.18 Å². The minimum atomic E-state index is -1.00. The molecule has 1 unspecified atom stereocenters. The van der Waals surface area contributed by atoms with Crippen molar-refractivity contribution in [1.29, 1.82) is 0 Å². The summed E-state index contributed by atoms with van der Waals surface area (Å²) in [6.07, 6.45) is 3.03. The Morgan fingerprint density at radius 1 is 1.59 bits per heavy atom. The van der Waals surface area contributed by atoms with Crippen LogP contribution in [0.3, 0.4) is 0 Å². The second-order valence-corrected chi connectivity index (χ2v) is 4.39. The number of carbonyl (C=O) groups is 1. The van der Waals surface area contributed by atoms with E-state index in [0.717, 1.165) is 6.20 Å². The molecule has 17 heavy (non-hydrogen) atoms. The lowest BCUT2D eigenvalue weighted by molar-refractivity contribution is -0.124. The molecule has 0 radical (unpaired) electrons. The van der Waals surface area contributed by atoms with E-state index in [1.165, 1.54) is 12.3 Å². The number of aromatic nitrogens is 1. The van der Waals surface area contributed by atoms with Gasteiger partial charge < -0.3 is 10.6 Å². The zero-order valence-electron chi connectivity index (χ0n) is 10.4. The zero-order valence-corrected chi connectivity index (χ0v) is 10.4. The number of nitrogens with two attached hydrogens (primary N) is 1. The number of primary amides is 1. The van der Waals surface area contributed by atoms with Gasteiger partial charge in [0.05, 0.1) is 11.6 Å². The molecular weight excluding hydrogens is 221 g/mol. The molecule has 5 heteroatoms. The Balaban J connectivity index is 3.32. The Labute approximate surface area is 101 Å². The summed E-state index contributed by atoms with van der Waals surface area (Å²) in [6, 6.07) is 1.52. The van der Waals surface area contributed by atoms with Gasteiger partial charge in [0.2, 0.25) is 5.91 Å². The number of pyridine rings is 1. The maximum absolute atomic E-state index is 13.8. The molecule has 0 saturated heterocycles. The van der Waals surface area contributed by atoms with Gasteiger partial charge in [0, 0.05) is 18.3 Å². The van der Waals surface area contributed by atoms with Gasteiger partial charge in [-0.2, -0.15) is 0 Å². The molecule has 0 bridgehead atoms. The van der Waals surface area contributed by atoms with Gasteiger partial charge in [-0.1, -0.05) is 6.92 Å². The van der Waals surface area contributed by atoms with Crippen LogP contribution in [0, 0.1) is 5.82 Å². The van der Waals surface area contributed by atoms with Crippen molar-refractivity contribution in [3.8, 4) is 0 Å². The predicted octanol–water partition coefficient (Wildman–Crippen LogP) is 0.915. The van der Waals surface area contributed by atoms with Crippen LogP contribution in [0.15, 0.2) is 18.5 Å². The highest BCUT2D eigenvalue weighted by Crippen LogP contribution is 2.30. The minimum Gasteiger partial charge on any atom is -0.369 e. The molecule has 0 saturated carbocycles. The maximum atomic E-state index is 13.8. The van der Waals surface area contributed by atoms with Gasteiger partial charge in [-0.05, 0) is 26.6 Å². The molecule has 1 rings (SSSR count). The summed E-state index contributed by atoms with van der Waals surface area (Å²) < 4.78 is 13.8. The standard InChI is InChI=1S/C12H18FN3O/c1-4-12(11(14)17,8-16(2)3)9-5-6-15-7-10(9)13/h5-7H,4,8H2,1-3H3,(H2,14,17). The molecule has 0 aromatic carbocycles. The first kappa shape index (κ1) is 13.6. The van der Waals surface area contributed by atoms with E-state index in [1.54, 1.807) is 0 Å². The van der Waals surface area contributed by atoms with E-state index in [4.69, 9.17) is 5.73 Å². The van der Waals surface area contributed by atoms with Crippen molar-refractivity contribution in [2.75, 3.05) is 20.6 Å². The molecule has 0 aliphatic heterocycles. The van der Waals surface area contributed by atoms with Crippen molar-refractivity contribution in [2.45, 2.75) is 18.8 Å². The summed E-state index contributed by atoms with van der Waals surface area (Å²) in [6.45, 7) is 2.20. The summed E-state index contributed by atoms with van der Waals surface area (Å²) in [5.74, 6) is -1.01. The third-order valence-electron chi connectivity index (χ3n) is 2.95. The molecule has 1 aromatic rings. The first-order valence-electron chi connectivity index (χ1n) is 5.48.